The third-order valence-electron chi connectivity index (χ3n) is 9.69. The number of amides is 2. The van der Waals surface area contributed by atoms with E-state index in [0.29, 0.717) is 40.5 Å². The highest BCUT2D eigenvalue weighted by Gasteiger charge is 2.30. The molecule has 2 fully saturated rings. The van der Waals surface area contributed by atoms with Gasteiger partial charge in [0.2, 0.25) is 17.7 Å². The lowest BCUT2D eigenvalue weighted by Gasteiger charge is -2.36. The maximum atomic E-state index is 13.8. The molecule has 4 heterocycles. The van der Waals surface area contributed by atoms with E-state index >= 15 is 0 Å². The monoisotopic (exact) mass is 969 g/mol. The molecule has 0 unspecified atom stereocenters. The molecule has 66 heavy (non-hydrogen) atoms. The molecule has 25 heteroatoms. The van der Waals surface area contributed by atoms with Gasteiger partial charge in [0.15, 0.2) is 52.2 Å². The zero-order valence-electron chi connectivity index (χ0n) is 33.0. The SMILES string of the molecule is C.Nc1cc(N2CCN(C(=O)Nc3c(F)c(F)c(F)c(F)c3F)CC2)c2ccc(Cl)cc2n1.Nc1cc(N2CCNCC2)c2ccc(Cl)cc2n1.O=C=Nc1c(F)c(F)c(F)c(F)c1F.[B]. The zero-order chi connectivity index (χ0) is 46.6. The minimum Gasteiger partial charge on any atom is -0.384 e. The summed E-state index contributed by atoms with van der Waals surface area (Å²) in [5, 5.41) is 8.22. The largest absolute Gasteiger partial charge is 0.384 e. The lowest BCUT2D eigenvalue weighted by atomic mass is 10.1. The third-order valence-corrected chi connectivity index (χ3v) is 10.2. The summed E-state index contributed by atoms with van der Waals surface area (Å²) < 4.78 is 130. The molecule has 0 atom stereocenters. The quantitative estimate of drug-likeness (QED) is 0.0338. The Hall–Kier alpha value is -6.55. The fraction of sp³-hybridized carbons (Fsp3) is 0.220. The van der Waals surface area contributed by atoms with Gasteiger partial charge in [-0.15, -0.1) is 0 Å². The first-order chi connectivity index (χ1) is 30.4. The molecule has 8 rings (SSSR count). The average molecular weight is 970 g/mol. The van der Waals surface area contributed by atoms with E-state index in [1.807, 2.05) is 29.2 Å². The van der Waals surface area contributed by atoms with Crippen LogP contribution >= 0.6 is 23.2 Å². The van der Waals surface area contributed by atoms with Crippen molar-refractivity contribution in [3.05, 3.63) is 117 Å². The fourth-order valence-corrected chi connectivity index (χ4v) is 6.96. The topological polar surface area (TPSA) is 158 Å². The van der Waals surface area contributed by atoms with Crippen LogP contribution in [0.4, 0.5) is 83.1 Å². The normalized spacial score (nSPS) is 13.4. The minimum absolute atomic E-state index is 0. The Kier molecular flexibility index (Phi) is 17.4. The Balaban J connectivity index is 0.000000237. The number of nitrogen functional groups attached to an aromatic ring is 2. The first-order valence-corrected chi connectivity index (χ1v) is 19.3. The van der Waals surface area contributed by atoms with Crippen LogP contribution in [0.3, 0.4) is 0 Å². The number of hydrogen-bond donors (Lipinski definition) is 4. The Morgan fingerprint density at radius 1 is 0.621 bits per heavy atom. The fourth-order valence-electron chi connectivity index (χ4n) is 6.62. The van der Waals surface area contributed by atoms with Gasteiger partial charge in [-0.2, -0.15) is 4.99 Å². The highest BCUT2D eigenvalue weighted by molar-refractivity contribution is 6.31. The molecular weight excluding hydrogens is 936 g/mol. The molecular formula is C41H34BCl2F10N10O2. The lowest BCUT2D eigenvalue weighted by molar-refractivity contribution is 0.208. The van der Waals surface area contributed by atoms with Gasteiger partial charge in [-0.05, 0) is 36.4 Å². The van der Waals surface area contributed by atoms with Crippen LogP contribution in [0.25, 0.3) is 21.8 Å². The number of aliphatic imine (C=N–C) groups is 1. The Bertz CT molecular complexity index is 2770. The molecule has 12 nitrogen and oxygen atoms in total. The third kappa shape index (κ3) is 11.1. The number of nitrogens with zero attached hydrogens (tertiary/aromatic N) is 6. The van der Waals surface area contributed by atoms with Crippen LogP contribution in [0.2, 0.25) is 10.0 Å². The van der Waals surface area contributed by atoms with Crippen LogP contribution in [-0.4, -0.2) is 87.8 Å². The van der Waals surface area contributed by atoms with Crippen molar-refractivity contribution in [1.82, 2.24) is 20.2 Å². The van der Waals surface area contributed by atoms with Crippen LogP contribution < -0.4 is 31.9 Å². The number of fused-ring (bicyclic) bond motifs is 2. The number of nitrogens with one attached hydrogen (secondary N) is 2. The first-order valence-electron chi connectivity index (χ1n) is 18.5. The summed E-state index contributed by atoms with van der Waals surface area (Å²) in [7, 11) is 0. The molecule has 2 aromatic heterocycles. The van der Waals surface area contributed by atoms with Crippen molar-refractivity contribution >= 4 is 99.9 Å². The zero-order valence-corrected chi connectivity index (χ0v) is 34.6. The maximum absolute atomic E-state index is 13.8. The van der Waals surface area contributed by atoms with Gasteiger partial charge in [0.1, 0.15) is 17.3 Å². The van der Waals surface area contributed by atoms with E-state index in [4.69, 9.17) is 34.7 Å². The van der Waals surface area contributed by atoms with Gasteiger partial charge in [0.05, 0.1) is 11.0 Å². The summed E-state index contributed by atoms with van der Waals surface area (Å²) in [5.41, 5.74) is 12.2. The molecule has 0 spiro atoms. The maximum Gasteiger partial charge on any atom is 0.322 e. The van der Waals surface area contributed by atoms with Crippen molar-refractivity contribution in [2.75, 3.05) is 78.9 Å². The number of rotatable bonds is 4. The van der Waals surface area contributed by atoms with Crippen molar-refractivity contribution in [2.45, 2.75) is 7.43 Å². The number of nitrogens with two attached hydrogens (primary N) is 2. The Labute approximate surface area is 380 Å². The van der Waals surface area contributed by atoms with Gasteiger partial charge >= 0.3 is 6.03 Å². The number of benzene rings is 4. The van der Waals surface area contributed by atoms with Gasteiger partial charge in [-0.25, -0.2) is 63.5 Å². The first kappa shape index (κ1) is 52.1. The van der Waals surface area contributed by atoms with Crippen molar-refractivity contribution in [1.29, 1.82) is 0 Å². The lowest BCUT2D eigenvalue weighted by Crippen LogP contribution is -2.50. The summed E-state index contributed by atoms with van der Waals surface area (Å²) in [6.45, 7) is 4.87. The summed E-state index contributed by atoms with van der Waals surface area (Å²) in [6, 6.07) is 13.6. The van der Waals surface area contributed by atoms with E-state index in [2.05, 4.69) is 25.2 Å². The van der Waals surface area contributed by atoms with Crippen molar-refractivity contribution < 1.29 is 53.5 Å². The molecule has 347 valence electrons. The average Bonchev–Trinajstić information content (AvgIpc) is 3.29. The highest BCUT2D eigenvalue weighted by atomic mass is 35.5. The van der Waals surface area contributed by atoms with Gasteiger partial charge in [0, 0.05) is 105 Å². The van der Waals surface area contributed by atoms with E-state index in [9.17, 15) is 53.5 Å². The molecule has 0 saturated carbocycles. The van der Waals surface area contributed by atoms with E-state index in [1.54, 1.807) is 29.6 Å². The predicted molar refractivity (Wildman–Crippen MR) is 233 cm³/mol. The van der Waals surface area contributed by atoms with Gasteiger partial charge < -0.3 is 36.8 Å². The second kappa shape index (κ2) is 22.1. The summed E-state index contributed by atoms with van der Waals surface area (Å²) in [6.07, 6.45) is 0.679. The second-order valence-electron chi connectivity index (χ2n) is 13.7. The molecule has 0 aliphatic carbocycles. The molecule has 2 saturated heterocycles. The summed E-state index contributed by atoms with van der Waals surface area (Å²) in [5.74, 6) is -20.9. The van der Waals surface area contributed by atoms with Crippen LogP contribution in [0.5, 0.6) is 0 Å². The number of carbonyl (C=O) groups is 1. The van der Waals surface area contributed by atoms with Crippen molar-refractivity contribution in [2.24, 2.45) is 4.99 Å². The number of piperazine rings is 2. The number of hydrogen-bond acceptors (Lipinski definition) is 10. The van der Waals surface area contributed by atoms with E-state index < -0.39 is 75.6 Å². The highest BCUT2D eigenvalue weighted by Crippen LogP contribution is 2.33. The van der Waals surface area contributed by atoms with Gasteiger partial charge in [0.25, 0.3) is 0 Å². The molecule has 2 aliphatic heterocycles. The van der Waals surface area contributed by atoms with Crippen LogP contribution in [0, 0.1) is 58.2 Å². The van der Waals surface area contributed by atoms with Crippen LogP contribution in [-0.2, 0) is 4.79 Å². The van der Waals surface area contributed by atoms with Crippen molar-refractivity contribution in [3.63, 3.8) is 0 Å². The molecule has 6 N–H and O–H groups in total. The summed E-state index contributed by atoms with van der Waals surface area (Å²) >= 11 is 12.0. The summed E-state index contributed by atoms with van der Waals surface area (Å²) in [4.78, 5) is 38.5. The number of urea groups is 1. The number of pyridine rings is 2. The molecule has 2 amide bonds. The number of anilines is 5. The number of aromatic nitrogens is 2. The van der Waals surface area contributed by atoms with Crippen LogP contribution in [0.1, 0.15) is 7.43 Å². The molecule has 2 aliphatic rings. The van der Waals surface area contributed by atoms with Crippen LogP contribution in [0.15, 0.2) is 53.5 Å². The molecule has 3 radical (unpaired) electrons. The second-order valence-corrected chi connectivity index (χ2v) is 14.5. The van der Waals surface area contributed by atoms with Crippen molar-refractivity contribution in [3.8, 4) is 0 Å². The smallest absolute Gasteiger partial charge is 0.322 e. The Morgan fingerprint density at radius 2 is 1.02 bits per heavy atom. The predicted octanol–water partition coefficient (Wildman–Crippen LogP) is 9.00. The number of isocyanates is 1. The number of carbonyl (C=O) groups excluding carboxylic acids is 2. The Morgan fingerprint density at radius 3 is 1.44 bits per heavy atom. The molecule has 6 aromatic rings. The van der Waals surface area contributed by atoms with Gasteiger partial charge in [-0.1, -0.05) is 30.6 Å². The van der Waals surface area contributed by atoms with E-state index in [-0.39, 0.29) is 34.7 Å². The minimum atomic E-state index is -2.30. The van der Waals surface area contributed by atoms with E-state index in [0.717, 1.165) is 53.8 Å². The molecule has 4 aromatic carbocycles. The molecule has 0 bridgehead atoms. The van der Waals surface area contributed by atoms with Gasteiger partial charge in [-0.3, -0.25) is 0 Å². The van der Waals surface area contributed by atoms with E-state index in [1.165, 1.54) is 4.90 Å². The standard InChI is InChI=1S/C20H15ClF5N5O.C13H15ClN4.C7F5NO.CH4.B/c21-9-1-2-10-11(7-9)28-13(27)8-12(10)30-3-5-31(6-4-30)20(32)29-19-17(25)15(23)14(22)16(24)18(19)26;14-9-1-2-10-11(7-9)17-13(15)8-12(10)18-5-3-16-4-6-18;8-2-3(9)5(11)7(13-1-14)6(12)4(2)10;;/h1-2,7-8H,3-6H2,(H2,27,28)(H,29,32);1-2,7-8,16H,3-6H2,(H2,15,17);;1H4;. The number of halogens is 12.